The van der Waals surface area contributed by atoms with Crippen LogP contribution in [0.5, 0.6) is 0 Å². The summed E-state index contributed by atoms with van der Waals surface area (Å²) in [5.41, 5.74) is 2.07. The Morgan fingerprint density at radius 1 is 0.968 bits per heavy atom. The van der Waals surface area contributed by atoms with Crippen LogP contribution in [0, 0.1) is 5.82 Å². The van der Waals surface area contributed by atoms with Crippen LogP contribution in [0.15, 0.2) is 83.8 Å². The number of amides is 1. The maximum absolute atomic E-state index is 14.6. The third kappa shape index (κ3) is 4.46. The van der Waals surface area contributed by atoms with E-state index in [0.29, 0.717) is 0 Å². The number of nitrogens with one attached hydrogen (secondary N) is 1. The number of aryl methyl sites for hydroxylation is 1. The number of halogens is 1. The van der Waals surface area contributed by atoms with Crippen LogP contribution < -0.4 is 9.62 Å². The number of para-hydroxylation sites is 1. The second kappa shape index (κ2) is 8.89. The third-order valence-electron chi connectivity index (χ3n) is 5.44. The largest absolute Gasteiger partial charge is 0.348 e. The smallest absolute Gasteiger partial charge is 0.264 e. The highest BCUT2D eigenvalue weighted by Crippen LogP contribution is 2.30. The molecule has 4 rings (SSSR count). The third-order valence-corrected chi connectivity index (χ3v) is 7.22. The molecule has 3 aromatic rings. The number of nitrogens with zero attached hydrogens (tertiary/aromatic N) is 1. The van der Waals surface area contributed by atoms with Crippen molar-refractivity contribution in [3.63, 3.8) is 0 Å². The van der Waals surface area contributed by atoms with Crippen molar-refractivity contribution in [1.29, 1.82) is 0 Å². The summed E-state index contributed by atoms with van der Waals surface area (Å²) in [7, 11) is -4.14. The Kier molecular flexibility index (Phi) is 6.04. The first-order valence-electron chi connectivity index (χ1n) is 10.2. The van der Waals surface area contributed by atoms with Crippen molar-refractivity contribution in [2.24, 2.45) is 0 Å². The highest BCUT2D eigenvalue weighted by Gasteiger charge is 2.30. The first-order chi connectivity index (χ1) is 15.0. The average Bonchev–Trinajstić information content (AvgIpc) is 2.79. The Morgan fingerprint density at radius 2 is 1.65 bits per heavy atom. The van der Waals surface area contributed by atoms with E-state index in [2.05, 4.69) is 5.32 Å². The molecule has 5 nitrogen and oxygen atoms in total. The zero-order valence-corrected chi connectivity index (χ0v) is 17.7. The molecule has 31 heavy (non-hydrogen) atoms. The van der Waals surface area contributed by atoms with Crippen molar-refractivity contribution >= 4 is 21.6 Å². The number of benzene rings is 3. The number of hydrogen-bond donors (Lipinski definition) is 1. The summed E-state index contributed by atoms with van der Waals surface area (Å²) in [6.45, 7) is -0.517. The molecule has 1 amide bonds. The number of fused-ring (bicyclic) bond motifs is 1. The molecule has 1 unspecified atom stereocenters. The molecule has 0 aromatic heterocycles. The topological polar surface area (TPSA) is 66.5 Å². The molecule has 1 aliphatic carbocycles. The van der Waals surface area contributed by atoms with Gasteiger partial charge in [-0.3, -0.25) is 9.10 Å². The van der Waals surface area contributed by atoms with Crippen molar-refractivity contribution in [3.8, 4) is 0 Å². The second-order valence-electron chi connectivity index (χ2n) is 7.49. The standard InChI is InChI=1S/C24H23FN2O3S/c25-21-14-6-7-16-23(21)27(31(29,30)19-11-2-1-3-12-19)17-24(28)26-22-15-8-10-18-9-4-5-13-20(18)22/h1-7,9,11-14,16,22H,8,10,15,17H2,(H,26,28). The fourth-order valence-electron chi connectivity index (χ4n) is 3.95. The van der Waals surface area contributed by atoms with E-state index in [-0.39, 0.29) is 16.6 Å². The summed E-state index contributed by atoms with van der Waals surface area (Å²) in [6.07, 6.45) is 2.65. The highest BCUT2D eigenvalue weighted by atomic mass is 32.2. The second-order valence-corrected chi connectivity index (χ2v) is 9.35. The molecule has 3 aromatic carbocycles. The van der Waals surface area contributed by atoms with Crippen LogP contribution in [-0.2, 0) is 21.2 Å². The van der Waals surface area contributed by atoms with E-state index in [1.54, 1.807) is 24.3 Å². The maximum Gasteiger partial charge on any atom is 0.264 e. The first kappa shape index (κ1) is 21.1. The first-order valence-corrected chi connectivity index (χ1v) is 11.6. The van der Waals surface area contributed by atoms with E-state index < -0.39 is 28.3 Å². The summed E-state index contributed by atoms with van der Waals surface area (Å²) in [5, 5.41) is 2.95. The van der Waals surface area contributed by atoms with Crippen molar-refractivity contribution in [3.05, 3.63) is 95.8 Å². The fourth-order valence-corrected chi connectivity index (χ4v) is 5.40. The summed E-state index contributed by atoms with van der Waals surface area (Å²) in [6, 6.07) is 21.0. The molecule has 1 atom stereocenters. The van der Waals surface area contributed by atoms with E-state index >= 15 is 0 Å². The lowest BCUT2D eigenvalue weighted by Gasteiger charge is -2.29. The van der Waals surface area contributed by atoms with Gasteiger partial charge in [0.15, 0.2) is 0 Å². The van der Waals surface area contributed by atoms with E-state index in [9.17, 15) is 17.6 Å². The molecule has 0 saturated heterocycles. The number of hydrogen-bond acceptors (Lipinski definition) is 3. The monoisotopic (exact) mass is 438 g/mol. The van der Waals surface area contributed by atoms with Crippen molar-refractivity contribution < 1.29 is 17.6 Å². The number of sulfonamides is 1. The summed E-state index contributed by atoms with van der Waals surface area (Å²) < 4.78 is 42.0. The molecule has 0 bridgehead atoms. The lowest BCUT2D eigenvalue weighted by Crippen LogP contribution is -2.42. The molecular weight excluding hydrogens is 415 g/mol. The van der Waals surface area contributed by atoms with Crippen LogP contribution in [0.25, 0.3) is 0 Å². The molecule has 0 saturated carbocycles. The Hall–Kier alpha value is -3.19. The molecule has 0 radical (unpaired) electrons. The van der Waals surface area contributed by atoms with Crippen molar-refractivity contribution in [2.75, 3.05) is 10.8 Å². The molecule has 0 fully saturated rings. The van der Waals surface area contributed by atoms with Gasteiger partial charge in [-0.25, -0.2) is 12.8 Å². The Bertz CT molecular complexity index is 1180. The van der Waals surface area contributed by atoms with Crippen LogP contribution in [0.2, 0.25) is 0 Å². The summed E-state index contributed by atoms with van der Waals surface area (Å²) in [5.74, 6) is -1.19. The van der Waals surface area contributed by atoms with Gasteiger partial charge in [0.1, 0.15) is 12.4 Å². The van der Waals surface area contributed by atoms with Gasteiger partial charge in [0, 0.05) is 0 Å². The van der Waals surface area contributed by atoms with Crippen LogP contribution in [0.3, 0.4) is 0 Å². The summed E-state index contributed by atoms with van der Waals surface area (Å²) in [4.78, 5) is 12.9. The molecule has 7 heteroatoms. The zero-order valence-electron chi connectivity index (χ0n) is 16.9. The molecule has 1 N–H and O–H groups in total. The number of carbonyl (C=O) groups is 1. The Labute approximate surface area is 181 Å². The Morgan fingerprint density at radius 3 is 2.42 bits per heavy atom. The lowest BCUT2D eigenvalue weighted by atomic mass is 9.88. The molecule has 160 valence electrons. The van der Waals surface area contributed by atoms with E-state index in [1.165, 1.54) is 35.9 Å². The molecule has 0 spiro atoms. The van der Waals surface area contributed by atoms with Gasteiger partial charge >= 0.3 is 0 Å². The predicted molar refractivity (Wildman–Crippen MR) is 118 cm³/mol. The Balaban J connectivity index is 1.63. The molecule has 0 heterocycles. The normalized spacial score (nSPS) is 15.7. The van der Waals surface area contributed by atoms with Crippen LogP contribution >= 0.6 is 0 Å². The van der Waals surface area contributed by atoms with Gasteiger partial charge in [-0.15, -0.1) is 0 Å². The van der Waals surface area contributed by atoms with Crippen LogP contribution in [-0.4, -0.2) is 20.9 Å². The van der Waals surface area contributed by atoms with Gasteiger partial charge in [-0.05, 0) is 54.7 Å². The van der Waals surface area contributed by atoms with Gasteiger partial charge in [0.25, 0.3) is 10.0 Å². The maximum atomic E-state index is 14.6. The highest BCUT2D eigenvalue weighted by molar-refractivity contribution is 7.92. The number of carbonyl (C=O) groups excluding carboxylic acids is 1. The number of anilines is 1. The van der Waals surface area contributed by atoms with Gasteiger partial charge in [-0.1, -0.05) is 54.6 Å². The van der Waals surface area contributed by atoms with E-state index in [4.69, 9.17) is 0 Å². The van der Waals surface area contributed by atoms with E-state index in [0.717, 1.165) is 29.1 Å². The minimum absolute atomic E-state index is 0.00550. The summed E-state index contributed by atoms with van der Waals surface area (Å²) >= 11 is 0. The van der Waals surface area contributed by atoms with Crippen molar-refractivity contribution in [1.82, 2.24) is 5.32 Å². The zero-order chi connectivity index (χ0) is 21.8. The van der Waals surface area contributed by atoms with Gasteiger partial charge in [0.05, 0.1) is 16.6 Å². The lowest BCUT2D eigenvalue weighted by molar-refractivity contribution is -0.120. The van der Waals surface area contributed by atoms with E-state index in [1.807, 2.05) is 24.3 Å². The molecule has 0 aliphatic heterocycles. The predicted octanol–water partition coefficient (Wildman–Crippen LogP) is 4.21. The quantitative estimate of drug-likeness (QED) is 0.627. The van der Waals surface area contributed by atoms with Crippen LogP contribution in [0.1, 0.15) is 30.0 Å². The van der Waals surface area contributed by atoms with Gasteiger partial charge in [0.2, 0.25) is 5.91 Å². The minimum Gasteiger partial charge on any atom is -0.348 e. The minimum atomic E-state index is -4.14. The fraction of sp³-hybridized carbons (Fsp3) is 0.208. The van der Waals surface area contributed by atoms with Gasteiger partial charge < -0.3 is 5.32 Å². The molecular formula is C24H23FN2O3S. The van der Waals surface area contributed by atoms with Crippen LogP contribution in [0.4, 0.5) is 10.1 Å². The average molecular weight is 439 g/mol. The van der Waals surface area contributed by atoms with Gasteiger partial charge in [-0.2, -0.15) is 0 Å². The number of rotatable bonds is 6. The molecule has 1 aliphatic rings. The van der Waals surface area contributed by atoms with Crippen molar-refractivity contribution in [2.45, 2.75) is 30.2 Å². The SMILES string of the molecule is O=C(CN(c1ccccc1F)S(=O)(=O)c1ccccc1)NC1CCCc2ccccc21.